The third-order valence-electron chi connectivity index (χ3n) is 2.75. The summed E-state index contributed by atoms with van der Waals surface area (Å²) in [4.78, 5) is 8.73. The molecule has 0 fully saturated rings. The summed E-state index contributed by atoms with van der Waals surface area (Å²) in [6.07, 6.45) is 4.85. The van der Waals surface area contributed by atoms with E-state index in [1.165, 1.54) is 5.69 Å². The van der Waals surface area contributed by atoms with E-state index >= 15 is 0 Å². The lowest BCUT2D eigenvalue weighted by Crippen LogP contribution is -2.33. The van der Waals surface area contributed by atoms with Gasteiger partial charge in [0.2, 0.25) is 0 Å². The van der Waals surface area contributed by atoms with Crippen molar-refractivity contribution in [1.29, 1.82) is 0 Å². The SMILES string of the molecule is CCCN(CCN(C)C)c1ccncc1CN. The van der Waals surface area contributed by atoms with Gasteiger partial charge in [0, 0.05) is 49.8 Å². The second-order valence-corrected chi connectivity index (χ2v) is 4.50. The van der Waals surface area contributed by atoms with Gasteiger partial charge in [-0.15, -0.1) is 0 Å². The summed E-state index contributed by atoms with van der Waals surface area (Å²) in [6, 6.07) is 2.06. The highest BCUT2D eigenvalue weighted by atomic mass is 15.2. The van der Waals surface area contributed by atoms with Gasteiger partial charge in [0.05, 0.1) is 0 Å². The Morgan fingerprint density at radius 1 is 1.24 bits per heavy atom. The van der Waals surface area contributed by atoms with Gasteiger partial charge in [-0.05, 0) is 26.6 Å². The lowest BCUT2D eigenvalue weighted by Gasteiger charge is -2.27. The summed E-state index contributed by atoms with van der Waals surface area (Å²) in [5.74, 6) is 0. The normalized spacial score (nSPS) is 10.9. The first-order valence-electron chi connectivity index (χ1n) is 6.21. The molecule has 0 aliphatic carbocycles. The molecule has 2 N–H and O–H groups in total. The van der Waals surface area contributed by atoms with Crippen LogP contribution >= 0.6 is 0 Å². The highest BCUT2D eigenvalue weighted by Gasteiger charge is 2.09. The summed E-state index contributed by atoms with van der Waals surface area (Å²) < 4.78 is 0. The number of rotatable bonds is 7. The molecular weight excluding hydrogens is 212 g/mol. The highest BCUT2D eigenvalue weighted by Crippen LogP contribution is 2.18. The van der Waals surface area contributed by atoms with Gasteiger partial charge in [-0.1, -0.05) is 6.92 Å². The van der Waals surface area contributed by atoms with Gasteiger partial charge in [-0.3, -0.25) is 4.98 Å². The zero-order valence-electron chi connectivity index (χ0n) is 11.2. The van der Waals surface area contributed by atoms with Crippen molar-refractivity contribution in [3.63, 3.8) is 0 Å². The Labute approximate surface area is 104 Å². The summed E-state index contributed by atoms with van der Waals surface area (Å²) in [7, 11) is 4.20. The molecular formula is C13H24N4. The molecule has 1 rings (SSSR count). The van der Waals surface area contributed by atoms with E-state index in [1.807, 2.05) is 12.4 Å². The number of likely N-dealkylation sites (N-methyl/N-ethyl adjacent to an activating group) is 1. The molecule has 0 aromatic carbocycles. The van der Waals surface area contributed by atoms with E-state index in [2.05, 4.69) is 41.9 Å². The molecule has 1 aromatic rings. The number of anilines is 1. The van der Waals surface area contributed by atoms with Crippen molar-refractivity contribution in [3.05, 3.63) is 24.0 Å². The van der Waals surface area contributed by atoms with Gasteiger partial charge in [-0.2, -0.15) is 0 Å². The first kappa shape index (κ1) is 13.9. The van der Waals surface area contributed by atoms with E-state index in [9.17, 15) is 0 Å². The van der Waals surface area contributed by atoms with Crippen LogP contribution in [0, 0.1) is 0 Å². The molecule has 0 saturated carbocycles. The molecule has 0 spiro atoms. The predicted molar refractivity (Wildman–Crippen MR) is 73.2 cm³/mol. The monoisotopic (exact) mass is 236 g/mol. The zero-order valence-corrected chi connectivity index (χ0v) is 11.2. The summed E-state index contributed by atoms with van der Waals surface area (Å²) in [5, 5.41) is 0. The minimum Gasteiger partial charge on any atom is -0.370 e. The minimum absolute atomic E-state index is 0.547. The molecule has 1 heterocycles. The van der Waals surface area contributed by atoms with Crippen molar-refractivity contribution in [1.82, 2.24) is 9.88 Å². The molecule has 0 saturated heterocycles. The maximum Gasteiger partial charge on any atom is 0.0443 e. The van der Waals surface area contributed by atoms with Crippen LogP contribution in [0.25, 0.3) is 0 Å². The Balaban J connectivity index is 2.80. The van der Waals surface area contributed by atoms with Crippen LogP contribution in [-0.4, -0.2) is 43.6 Å². The van der Waals surface area contributed by atoms with E-state index in [4.69, 9.17) is 5.73 Å². The van der Waals surface area contributed by atoms with Crippen LogP contribution < -0.4 is 10.6 Å². The Hall–Kier alpha value is -1.13. The molecule has 0 aliphatic heterocycles. The van der Waals surface area contributed by atoms with Crippen molar-refractivity contribution in [2.75, 3.05) is 38.6 Å². The van der Waals surface area contributed by atoms with Crippen LogP contribution in [0.4, 0.5) is 5.69 Å². The van der Waals surface area contributed by atoms with Crippen LogP contribution in [0.3, 0.4) is 0 Å². The molecule has 1 aromatic heterocycles. The van der Waals surface area contributed by atoms with E-state index in [0.717, 1.165) is 31.6 Å². The molecule has 0 amide bonds. The average Bonchev–Trinajstić information content (AvgIpc) is 2.34. The van der Waals surface area contributed by atoms with Gasteiger partial charge in [0.1, 0.15) is 0 Å². The van der Waals surface area contributed by atoms with Crippen LogP contribution in [0.5, 0.6) is 0 Å². The number of nitrogens with zero attached hydrogens (tertiary/aromatic N) is 3. The molecule has 17 heavy (non-hydrogen) atoms. The summed E-state index contributed by atoms with van der Waals surface area (Å²) in [6.45, 7) is 5.88. The van der Waals surface area contributed by atoms with Crippen molar-refractivity contribution in [2.24, 2.45) is 5.73 Å². The Bertz CT molecular complexity index is 325. The lowest BCUT2D eigenvalue weighted by atomic mass is 10.2. The molecule has 0 bridgehead atoms. The smallest absolute Gasteiger partial charge is 0.0443 e. The molecule has 96 valence electrons. The fraction of sp³-hybridized carbons (Fsp3) is 0.615. The van der Waals surface area contributed by atoms with E-state index < -0.39 is 0 Å². The fourth-order valence-corrected chi connectivity index (χ4v) is 1.83. The zero-order chi connectivity index (χ0) is 12.7. The van der Waals surface area contributed by atoms with Gasteiger partial charge >= 0.3 is 0 Å². The lowest BCUT2D eigenvalue weighted by molar-refractivity contribution is 0.413. The Kier molecular flexibility index (Phi) is 5.94. The third kappa shape index (κ3) is 4.32. The molecule has 0 aliphatic rings. The van der Waals surface area contributed by atoms with Crippen LogP contribution in [0.1, 0.15) is 18.9 Å². The van der Waals surface area contributed by atoms with Crippen molar-refractivity contribution >= 4 is 5.69 Å². The largest absolute Gasteiger partial charge is 0.370 e. The topological polar surface area (TPSA) is 45.4 Å². The van der Waals surface area contributed by atoms with Gasteiger partial charge in [0.25, 0.3) is 0 Å². The maximum atomic E-state index is 5.76. The first-order valence-corrected chi connectivity index (χ1v) is 6.21. The van der Waals surface area contributed by atoms with Crippen LogP contribution in [0.2, 0.25) is 0 Å². The number of hydrogen-bond acceptors (Lipinski definition) is 4. The highest BCUT2D eigenvalue weighted by molar-refractivity contribution is 5.52. The number of nitrogens with two attached hydrogens (primary N) is 1. The summed E-state index contributed by atoms with van der Waals surface area (Å²) >= 11 is 0. The fourth-order valence-electron chi connectivity index (χ4n) is 1.83. The third-order valence-corrected chi connectivity index (χ3v) is 2.75. The molecule has 0 unspecified atom stereocenters. The van der Waals surface area contributed by atoms with Gasteiger partial charge in [0.15, 0.2) is 0 Å². The minimum atomic E-state index is 0.547. The van der Waals surface area contributed by atoms with E-state index in [0.29, 0.717) is 6.54 Å². The Morgan fingerprint density at radius 3 is 2.59 bits per heavy atom. The van der Waals surface area contributed by atoms with E-state index in [-0.39, 0.29) is 0 Å². The number of hydrogen-bond donors (Lipinski definition) is 1. The predicted octanol–water partition coefficient (Wildman–Crippen LogP) is 1.32. The quantitative estimate of drug-likeness (QED) is 0.775. The maximum absolute atomic E-state index is 5.76. The standard InChI is InChI=1S/C13H24N4/c1-4-7-17(9-8-16(2)3)13-5-6-15-11-12(13)10-14/h5-6,11H,4,7-10,14H2,1-3H3. The number of pyridine rings is 1. The van der Waals surface area contributed by atoms with E-state index in [1.54, 1.807) is 0 Å². The molecule has 4 nitrogen and oxygen atoms in total. The molecule has 0 atom stereocenters. The van der Waals surface area contributed by atoms with Crippen LogP contribution in [-0.2, 0) is 6.54 Å². The average molecular weight is 236 g/mol. The number of aromatic nitrogens is 1. The second-order valence-electron chi connectivity index (χ2n) is 4.50. The van der Waals surface area contributed by atoms with Gasteiger partial charge < -0.3 is 15.5 Å². The van der Waals surface area contributed by atoms with Gasteiger partial charge in [-0.25, -0.2) is 0 Å². The Morgan fingerprint density at radius 2 is 2.00 bits per heavy atom. The second kappa shape index (κ2) is 7.25. The molecule has 0 radical (unpaired) electrons. The summed E-state index contributed by atoms with van der Waals surface area (Å²) in [5.41, 5.74) is 8.12. The first-order chi connectivity index (χ1) is 8.19. The van der Waals surface area contributed by atoms with Crippen molar-refractivity contribution in [2.45, 2.75) is 19.9 Å². The van der Waals surface area contributed by atoms with Crippen LogP contribution in [0.15, 0.2) is 18.5 Å². The van der Waals surface area contributed by atoms with Crippen molar-refractivity contribution < 1.29 is 0 Å². The molecule has 4 heteroatoms. The van der Waals surface area contributed by atoms with Crippen molar-refractivity contribution in [3.8, 4) is 0 Å².